The molecule has 1 unspecified atom stereocenters. The lowest BCUT2D eigenvalue weighted by Crippen LogP contribution is -2.43. The van der Waals surface area contributed by atoms with Gasteiger partial charge in [0.15, 0.2) is 5.69 Å². The molecule has 6 nitrogen and oxygen atoms in total. The fourth-order valence-electron chi connectivity index (χ4n) is 3.42. The smallest absolute Gasteiger partial charge is 0.310 e. The first-order chi connectivity index (χ1) is 10.7. The molecule has 1 aliphatic carbocycles. The zero-order chi connectivity index (χ0) is 15.5. The van der Waals surface area contributed by atoms with E-state index in [2.05, 4.69) is 10.2 Å². The van der Waals surface area contributed by atoms with Crippen molar-refractivity contribution < 1.29 is 14.3 Å². The highest BCUT2D eigenvalue weighted by molar-refractivity contribution is 5.94. The SMILES string of the molecule is CCOC(=O)C1CCCN(C(=O)c2n[nH]c3c2CCCC3)C1. The van der Waals surface area contributed by atoms with Gasteiger partial charge in [0.1, 0.15) is 0 Å². The molecule has 0 bridgehead atoms. The predicted molar refractivity (Wildman–Crippen MR) is 80.5 cm³/mol. The molecule has 1 fully saturated rings. The number of likely N-dealkylation sites (tertiary alicyclic amines) is 1. The van der Waals surface area contributed by atoms with Gasteiger partial charge in [0, 0.05) is 24.3 Å². The summed E-state index contributed by atoms with van der Waals surface area (Å²) in [6.07, 6.45) is 5.78. The largest absolute Gasteiger partial charge is 0.466 e. The van der Waals surface area contributed by atoms with Crippen molar-refractivity contribution in [2.75, 3.05) is 19.7 Å². The lowest BCUT2D eigenvalue weighted by atomic mass is 9.94. The number of piperidine rings is 1. The summed E-state index contributed by atoms with van der Waals surface area (Å²) in [4.78, 5) is 26.4. The third-order valence-corrected chi connectivity index (χ3v) is 4.59. The second-order valence-corrected chi connectivity index (χ2v) is 6.08. The highest BCUT2D eigenvalue weighted by atomic mass is 16.5. The molecule has 3 rings (SSSR count). The van der Waals surface area contributed by atoms with Gasteiger partial charge in [-0.25, -0.2) is 0 Å². The summed E-state index contributed by atoms with van der Waals surface area (Å²) in [5.41, 5.74) is 2.74. The molecule has 1 aliphatic heterocycles. The molecule has 0 aromatic carbocycles. The van der Waals surface area contributed by atoms with Crippen molar-refractivity contribution >= 4 is 11.9 Å². The Morgan fingerprint density at radius 3 is 2.95 bits per heavy atom. The van der Waals surface area contributed by atoms with Crippen molar-refractivity contribution in [3.05, 3.63) is 17.0 Å². The number of rotatable bonds is 3. The molecule has 2 aliphatic rings. The molecule has 22 heavy (non-hydrogen) atoms. The molecule has 0 radical (unpaired) electrons. The Morgan fingerprint density at radius 1 is 1.32 bits per heavy atom. The monoisotopic (exact) mass is 305 g/mol. The van der Waals surface area contributed by atoms with Crippen LogP contribution in [0.25, 0.3) is 0 Å². The minimum Gasteiger partial charge on any atom is -0.466 e. The maximum Gasteiger partial charge on any atom is 0.310 e. The molecule has 1 saturated heterocycles. The van der Waals surface area contributed by atoms with Crippen molar-refractivity contribution in [1.29, 1.82) is 0 Å². The van der Waals surface area contributed by atoms with Crippen LogP contribution in [-0.2, 0) is 22.4 Å². The van der Waals surface area contributed by atoms with Crippen LogP contribution in [0.2, 0.25) is 0 Å². The Morgan fingerprint density at radius 2 is 2.14 bits per heavy atom. The van der Waals surface area contributed by atoms with E-state index in [4.69, 9.17) is 4.74 Å². The minimum absolute atomic E-state index is 0.0478. The van der Waals surface area contributed by atoms with Crippen LogP contribution in [0, 0.1) is 5.92 Å². The molecule has 1 aromatic rings. The Kier molecular flexibility index (Phi) is 4.45. The fraction of sp³-hybridized carbons (Fsp3) is 0.688. The van der Waals surface area contributed by atoms with Gasteiger partial charge >= 0.3 is 5.97 Å². The van der Waals surface area contributed by atoms with Crippen LogP contribution < -0.4 is 0 Å². The molecule has 1 aromatic heterocycles. The normalized spacial score (nSPS) is 21.3. The standard InChI is InChI=1S/C16H23N3O3/c1-2-22-16(21)11-6-5-9-19(10-11)15(20)14-12-7-3-4-8-13(12)17-18-14/h11H,2-10H2,1H3,(H,17,18). The van der Waals surface area contributed by atoms with Crippen molar-refractivity contribution in [1.82, 2.24) is 15.1 Å². The molecule has 120 valence electrons. The summed E-state index contributed by atoms with van der Waals surface area (Å²) < 4.78 is 5.09. The number of esters is 1. The maximum absolute atomic E-state index is 12.8. The highest BCUT2D eigenvalue weighted by Crippen LogP contribution is 2.25. The van der Waals surface area contributed by atoms with E-state index < -0.39 is 0 Å². The van der Waals surface area contributed by atoms with Crippen molar-refractivity contribution in [2.45, 2.75) is 45.4 Å². The van der Waals surface area contributed by atoms with Crippen LogP contribution >= 0.6 is 0 Å². The summed E-state index contributed by atoms with van der Waals surface area (Å²) in [5, 5.41) is 7.26. The minimum atomic E-state index is -0.201. The number of ether oxygens (including phenoxy) is 1. The summed E-state index contributed by atoms with van der Waals surface area (Å²) in [5.74, 6) is -0.440. The number of aryl methyl sites for hydroxylation is 1. The van der Waals surface area contributed by atoms with Gasteiger partial charge in [0.05, 0.1) is 12.5 Å². The summed E-state index contributed by atoms with van der Waals surface area (Å²) in [7, 11) is 0. The van der Waals surface area contributed by atoms with E-state index in [9.17, 15) is 9.59 Å². The zero-order valence-corrected chi connectivity index (χ0v) is 13.1. The molecule has 1 atom stereocenters. The molecular formula is C16H23N3O3. The van der Waals surface area contributed by atoms with E-state index in [1.807, 2.05) is 0 Å². The molecule has 0 spiro atoms. The molecule has 0 saturated carbocycles. The number of fused-ring (bicyclic) bond motifs is 1. The van der Waals surface area contributed by atoms with Gasteiger partial charge in [-0.05, 0) is 45.4 Å². The van der Waals surface area contributed by atoms with Gasteiger partial charge in [-0.2, -0.15) is 5.10 Å². The number of aromatic amines is 1. The molecule has 1 amide bonds. The van der Waals surface area contributed by atoms with E-state index in [-0.39, 0.29) is 17.8 Å². The van der Waals surface area contributed by atoms with E-state index in [1.54, 1.807) is 11.8 Å². The predicted octanol–water partition coefficient (Wildman–Crippen LogP) is 1.70. The van der Waals surface area contributed by atoms with E-state index in [1.165, 1.54) is 0 Å². The number of aromatic nitrogens is 2. The van der Waals surface area contributed by atoms with Gasteiger partial charge in [-0.15, -0.1) is 0 Å². The lowest BCUT2D eigenvalue weighted by Gasteiger charge is -2.31. The molecule has 2 heterocycles. The van der Waals surface area contributed by atoms with Crippen LogP contribution in [0.4, 0.5) is 0 Å². The number of carbonyl (C=O) groups is 2. The maximum atomic E-state index is 12.8. The van der Waals surface area contributed by atoms with Crippen LogP contribution in [0.1, 0.15) is 54.4 Å². The Bertz CT molecular complexity index is 567. The topological polar surface area (TPSA) is 75.3 Å². The summed E-state index contributed by atoms with van der Waals surface area (Å²) >= 11 is 0. The molecule has 1 N–H and O–H groups in total. The van der Waals surface area contributed by atoms with Gasteiger partial charge in [0.2, 0.25) is 0 Å². The number of hydrogen-bond donors (Lipinski definition) is 1. The van der Waals surface area contributed by atoms with Gasteiger partial charge < -0.3 is 9.64 Å². The van der Waals surface area contributed by atoms with Gasteiger partial charge in [-0.1, -0.05) is 0 Å². The highest BCUT2D eigenvalue weighted by Gasteiger charge is 2.32. The molecule has 6 heteroatoms. The third-order valence-electron chi connectivity index (χ3n) is 4.59. The first kappa shape index (κ1) is 15.1. The van der Waals surface area contributed by atoms with Crippen LogP contribution in [0.3, 0.4) is 0 Å². The Labute approximate surface area is 130 Å². The Hall–Kier alpha value is -1.85. The van der Waals surface area contributed by atoms with Gasteiger partial charge in [0.25, 0.3) is 5.91 Å². The quantitative estimate of drug-likeness (QED) is 0.863. The average molecular weight is 305 g/mol. The van der Waals surface area contributed by atoms with Crippen LogP contribution in [0.15, 0.2) is 0 Å². The number of H-pyrrole nitrogens is 1. The van der Waals surface area contributed by atoms with E-state index >= 15 is 0 Å². The van der Waals surface area contributed by atoms with E-state index in [0.29, 0.717) is 25.4 Å². The number of hydrogen-bond acceptors (Lipinski definition) is 4. The Balaban J connectivity index is 1.72. The third kappa shape index (κ3) is 2.87. The number of carbonyl (C=O) groups excluding carboxylic acids is 2. The van der Waals surface area contributed by atoms with E-state index in [0.717, 1.165) is 49.8 Å². The fourth-order valence-corrected chi connectivity index (χ4v) is 3.42. The second kappa shape index (κ2) is 6.50. The molecular weight excluding hydrogens is 282 g/mol. The van der Waals surface area contributed by atoms with Crippen molar-refractivity contribution in [2.24, 2.45) is 5.92 Å². The van der Waals surface area contributed by atoms with Crippen LogP contribution in [-0.4, -0.2) is 46.7 Å². The number of nitrogens with one attached hydrogen (secondary N) is 1. The summed E-state index contributed by atoms with van der Waals surface area (Å²) in [6.45, 7) is 3.32. The number of nitrogens with zero attached hydrogens (tertiary/aromatic N) is 2. The number of amides is 1. The van der Waals surface area contributed by atoms with Crippen LogP contribution in [0.5, 0.6) is 0 Å². The summed E-state index contributed by atoms with van der Waals surface area (Å²) in [6, 6.07) is 0. The first-order valence-electron chi connectivity index (χ1n) is 8.22. The zero-order valence-electron chi connectivity index (χ0n) is 13.1. The first-order valence-corrected chi connectivity index (χ1v) is 8.22. The van der Waals surface area contributed by atoms with Crippen molar-refractivity contribution in [3.8, 4) is 0 Å². The van der Waals surface area contributed by atoms with Crippen molar-refractivity contribution in [3.63, 3.8) is 0 Å². The van der Waals surface area contributed by atoms with Gasteiger partial charge in [-0.3, -0.25) is 14.7 Å². The second-order valence-electron chi connectivity index (χ2n) is 6.08. The average Bonchev–Trinajstić information content (AvgIpc) is 2.98. The lowest BCUT2D eigenvalue weighted by molar-refractivity contribution is -0.149.